The van der Waals surface area contributed by atoms with Crippen molar-refractivity contribution in [3.8, 4) is 0 Å². The molecule has 0 bridgehead atoms. The van der Waals surface area contributed by atoms with Gasteiger partial charge in [0.25, 0.3) is 0 Å². The second kappa shape index (κ2) is 4.84. The Balaban J connectivity index is 2.51. The van der Waals surface area contributed by atoms with Crippen molar-refractivity contribution in [3.05, 3.63) is 0 Å². The summed E-state index contributed by atoms with van der Waals surface area (Å²) >= 11 is 5.56. The lowest BCUT2D eigenvalue weighted by Gasteiger charge is -2.21. The number of nitrogens with zero attached hydrogens (tertiary/aromatic N) is 1. The lowest BCUT2D eigenvalue weighted by molar-refractivity contribution is -0.119. The average molecular weight is 233 g/mol. The molecule has 3 atom stereocenters. The molecule has 0 aliphatic carbocycles. The molecule has 1 rings (SSSR count). The second-order valence-electron chi connectivity index (χ2n) is 4.25. The molecule has 1 saturated heterocycles. The minimum atomic E-state index is -0.677. The van der Waals surface area contributed by atoms with Crippen molar-refractivity contribution in [3.63, 3.8) is 0 Å². The van der Waals surface area contributed by atoms with Crippen molar-refractivity contribution in [1.82, 2.24) is 10.2 Å². The van der Waals surface area contributed by atoms with E-state index in [1.54, 1.807) is 11.8 Å². The van der Waals surface area contributed by atoms with Gasteiger partial charge in [-0.2, -0.15) is 0 Å². The maximum Gasteiger partial charge on any atom is 0.324 e. The summed E-state index contributed by atoms with van der Waals surface area (Å²) in [6, 6.07) is -0.136. The fourth-order valence-corrected chi connectivity index (χ4v) is 1.91. The normalized spacial score (nSPS) is 27.6. The number of hydrogen-bond donors (Lipinski definition) is 1. The van der Waals surface area contributed by atoms with E-state index in [2.05, 4.69) is 12.2 Å². The van der Waals surface area contributed by atoms with E-state index in [0.29, 0.717) is 12.5 Å². The SMILES string of the molecule is CC1CC(C)N(C(=O)NC(=O)C(C)Cl)C1. The largest absolute Gasteiger partial charge is 0.324 e. The monoisotopic (exact) mass is 232 g/mol. The molecule has 86 valence electrons. The summed E-state index contributed by atoms with van der Waals surface area (Å²) < 4.78 is 0. The maximum atomic E-state index is 11.7. The van der Waals surface area contributed by atoms with Gasteiger partial charge in [0.2, 0.25) is 5.91 Å². The van der Waals surface area contributed by atoms with Gasteiger partial charge in [0, 0.05) is 12.6 Å². The zero-order valence-corrected chi connectivity index (χ0v) is 10.0. The van der Waals surface area contributed by atoms with Crippen molar-refractivity contribution in [2.24, 2.45) is 5.92 Å². The molecule has 0 aromatic rings. The van der Waals surface area contributed by atoms with E-state index in [1.807, 2.05) is 6.92 Å². The molecule has 1 N–H and O–H groups in total. The van der Waals surface area contributed by atoms with Gasteiger partial charge in [0.05, 0.1) is 0 Å². The summed E-state index contributed by atoms with van der Waals surface area (Å²) in [6.45, 7) is 6.32. The van der Waals surface area contributed by atoms with E-state index in [-0.39, 0.29) is 12.1 Å². The first-order valence-electron chi connectivity index (χ1n) is 5.17. The fourth-order valence-electron chi connectivity index (χ4n) is 1.86. The van der Waals surface area contributed by atoms with Gasteiger partial charge in [-0.25, -0.2) is 4.79 Å². The first kappa shape index (κ1) is 12.3. The third kappa shape index (κ3) is 3.09. The molecule has 1 fully saturated rings. The van der Waals surface area contributed by atoms with Crippen LogP contribution in [0.3, 0.4) is 0 Å². The van der Waals surface area contributed by atoms with Crippen LogP contribution in [0.5, 0.6) is 0 Å². The minimum Gasteiger partial charge on any atom is -0.321 e. The van der Waals surface area contributed by atoms with Gasteiger partial charge >= 0.3 is 6.03 Å². The zero-order chi connectivity index (χ0) is 11.6. The summed E-state index contributed by atoms with van der Waals surface area (Å²) in [7, 11) is 0. The summed E-state index contributed by atoms with van der Waals surface area (Å²) in [5.74, 6) is 0.0581. The smallest absolute Gasteiger partial charge is 0.321 e. The number of amides is 3. The highest BCUT2D eigenvalue weighted by molar-refractivity contribution is 6.31. The predicted molar refractivity (Wildman–Crippen MR) is 58.8 cm³/mol. The summed E-state index contributed by atoms with van der Waals surface area (Å²) in [4.78, 5) is 24.5. The molecule has 3 unspecified atom stereocenters. The zero-order valence-electron chi connectivity index (χ0n) is 9.29. The average Bonchev–Trinajstić information content (AvgIpc) is 2.44. The number of nitrogens with one attached hydrogen (secondary N) is 1. The Morgan fingerprint density at radius 2 is 2.07 bits per heavy atom. The van der Waals surface area contributed by atoms with Crippen LogP contribution in [0.2, 0.25) is 0 Å². The third-order valence-corrected chi connectivity index (χ3v) is 2.83. The third-order valence-electron chi connectivity index (χ3n) is 2.64. The van der Waals surface area contributed by atoms with E-state index in [9.17, 15) is 9.59 Å². The lowest BCUT2D eigenvalue weighted by Crippen LogP contribution is -2.46. The summed E-state index contributed by atoms with van der Waals surface area (Å²) in [6.07, 6.45) is 0.984. The van der Waals surface area contributed by atoms with Gasteiger partial charge in [-0.15, -0.1) is 11.6 Å². The molecule has 3 amide bonds. The van der Waals surface area contributed by atoms with Gasteiger partial charge in [-0.3, -0.25) is 10.1 Å². The molecule has 0 saturated carbocycles. The number of rotatable bonds is 1. The molecular weight excluding hydrogens is 216 g/mol. The minimum absolute atomic E-state index is 0.193. The van der Waals surface area contributed by atoms with E-state index in [0.717, 1.165) is 6.42 Å². The molecule has 15 heavy (non-hydrogen) atoms. The van der Waals surface area contributed by atoms with Crippen LogP contribution in [0.15, 0.2) is 0 Å². The van der Waals surface area contributed by atoms with Gasteiger partial charge in [0.1, 0.15) is 5.38 Å². The molecule has 0 aromatic heterocycles. The topological polar surface area (TPSA) is 49.4 Å². The van der Waals surface area contributed by atoms with Crippen molar-refractivity contribution in [1.29, 1.82) is 0 Å². The molecule has 0 radical (unpaired) electrons. The lowest BCUT2D eigenvalue weighted by atomic mass is 10.1. The van der Waals surface area contributed by atoms with Gasteiger partial charge in [-0.05, 0) is 26.2 Å². The Morgan fingerprint density at radius 1 is 1.47 bits per heavy atom. The molecule has 1 aliphatic rings. The summed E-state index contributed by atoms with van der Waals surface area (Å²) in [5, 5.41) is 1.61. The Kier molecular flexibility index (Phi) is 3.97. The fraction of sp³-hybridized carbons (Fsp3) is 0.800. The highest BCUT2D eigenvalue weighted by Crippen LogP contribution is 2.21. The molecule has 1 aliphatic heterocycles. The van der Waals surface area contributed by atoms with Crippen LogP contribution in [-0.2, 0) is 4.79 Å². The highest BCUT2D eigenvalue weighted by Gasteiger charge is 2.30. The standard InChI is InChI=1S/C10H17ClN2O2/c1-6-4-7(2)13(5-6)10(15)12-9(14)8(3)11/h6-8H,4-5H2,1-3H3,(H,12,14,15). The Morgan fingerprint density at radius 3 is 2.47 bits per heavy atom. The highest BCUT2D eigenvalue weighted by atomic mass is 35.5. The van der Waals surface area contributed by atoms with Gasteiger partial charge < -0.3 is 4.90 Å². The van der Waals surface area contributed by atoms with Crippen molar-refractivity contribution >= 4 is 23.5 Å². The van der Waals surface area contributed by atoms with Crippen LogP contribution < -0.4 is 5.32 Å². The van der Waals surface area contributed by atoms with Crippen LogP contribution >= 0.6 is 11.6 Å². The molecule has 0 aromatic carbocycles. The first-order valence-corrected chi connectivity index (χ1v) is 5.61. The van der Waals surface area contributed by atoms with Crippen molar-refractivity contribution in [2.45, 2.75) is 38.6 Å². The van der Waals surface area contributed by atoms with Crippen LogP contribution in [0.25, 0.3) is 0 Å². The van der Waals surface area contributed by atoms with E-state index >= 15 is 0 Å². The number of hydrogen-bond acceptors (Lipinski definition) is 2. The number of urea groups is 1. The number of halogens is 1. The van der Waals surface area contributed by atoms with Crippen molar-refractivity contribution in [2.75, 3.05) is 6.54 Å². The van der Waals surface area contributed by atoms with Crippen LogP contribution in [0, 0.1) is 5.92 Å². The van der Waals surface area contributed by atoms with E-state index in [4.69, 9.17) is 11.6 Å². The van der Waals surface area contributed by atoms with Gasteiger partial charge in [0.15, 0.2) is 0 Å². The van der Waals surface area contributed by atoms with Crippen molar-refractivity contribution < 1.29 is 9.59 Å². The first-order chi connectivity index (χ1) is 6.91. The van der Waals surface area contributed by atoms with Gasteiger partial charge in [-0.1, -0.05) is 6.92 Å². The molecule has 0 spiro atoms. The Hall–Kier alpha value is -0.770. The predicted octanol–water partition coefficient (Wildman–Crippen LogP) is 1.58. The molecule has 4 nitrogen and oxygen atoms in total. The quantitative estimate of drug-likeness (QED) is 0.698. The number of carbonyl (C=O) groups excluding carboxylic acids is 2. The number of alkyl halides is 1. The molecule has 1 heterocycles. The number of imide groups is 1. The van der Waals surface area contributed by atoms with Crippen LogP contribution in [0.1, 0.15) is 27.2 Å². The summed E-state index contributed by atoms with van der Waals surface area (Å²) in [5.41, 5.74) is 0. The van der Waals surface area contributed by atoms with Crippen LogP contribution in [0.4, 0.5) is 4.79 Å². The molecule has 5 heteroatoms. The Labute approximate surface area is 95.0 Å². The molecular formula is C10H17ClN2O2. The second-order valence-corrected chi connectivity index (χ2v) is 4.91. The maximum absolute atomic E-state index is 11.7. The van der Waals surface area contributed by atoms with E-state index < -0.39 is 11.3 Å². The number of carbonyl (C=O) groups is 2. The van der Waals surface area contributed by atoms with Crippen LogP contribution in [-0.4, -0.2) is 34.8 Å². The Bertz CT molecular complexity index is 268. The number of likely N-dealkylation sites (tertiary alicyclic amines) is 1. The van der Waals surface area contributed by atoms with E-state index in [1.165, 1.54) is 0 Å².